The predicted octanol–water partition coefficient (Wildman–Crippen LogP) is 3.79. The van der Waals surface area contributed by atoms with Crippen LogP contribution in [0.1, 0.15) is 52.9 Å². The summed E-state index contributed by atoms with van der Waals surface area (Å²) in [7, 11) is 0. The predicted molar refractivity (Wildman–Crippen MR) is 70.8 cm³/mol. The van der Waals surface area contributed by atoms with E-state index in [-0.39, 0.29) is 11.8 Å². The van der Waals surface area contributed by atoms with Crippen LogP contribution in [0.3, 0.4) is 0 Å². The van der Waals surface area contributed by atoms with E-state index in [2.05, 4.69) is 19.2 Å². The summed E-state index contributed by atoms with van der Waals surface area (Å²) in [6.07, 6.45) is 5.68. The third-order valence-electron chi connectivity index (χ3n) is 5.07. The highest BCUT2D eigenvalue weighted by Crippen LogP contribution is 2.45. The highest BCUT2D eigenvalue weighted by molar-refractivity contribution is 4.94. The molecule has 0 spiro atoms. The van der Waals surface area contributed by atoms with Crippen molar-refractivity contribution in [3.8, 4) is 0 Å². The van der Waals surface area contributed by atoms with Gasteiger partial charge in [-0.25, -0.2) is 4.39 Å². The minimum Gasteiger partial charge on any atom is -0.316 e. The maximum atomic E-state index is 15.2. The van der Waals surface area contributed by atoms with E-state index in [9.17, 15) is 0 Å². The van der Waals surface area contributed by atoms with Crippen molar-refractivity contribution in [3.05, 3.63) is 0 Å². The first-order valence-electron chi connectivity index (χ1n) is 7.39. The summed E-state index contributed by atoms with van der Waals surface area (Å²) in [6, 6.07) is 0. The van der Waals surface area contributed by atoms with E-state index in [0.29, 0.717) is 11.8 Å². The zero-order valence-electron chi connectivity index (χ0n) is 11.6. The van der Waals surface area contributed by atoms with Crippen molar-refractivity contribution in [2.45, 2.75) is 58.5 Å². The summed E-state index contributed by atoms with van der Waals surface area (Å²) in [5.74, 6) is 1.93. The monoisotopic (exact) mass is 241 g/mol. The lowest BCUT2D eigenvalue weighted by Crippen LogP contribution is -2.47. The molecule has 2 aliphatic rings. The van der Waals surface area contributed by atoms with Gasteiger partial charge in [-0.2, -0.15) is 0 Å². The van der Waals surface area contributed by atoms with Gasteiger partial charge in [-0.1, -0.05) is 13.8 Å². The van der Waals surface area contributed by atoms with Gasteiger partial charge in [0.15, 0.2) is 0 Å². The molecule has 0 aromatic carbocycles. The van der Waals surface area contributed by atoms with Crippen molar-refractivity contribution in [1.82, 2.24) is 5.32 Å². The van der Waals surface area contributed by atoms with Gasteiger partial charge >= 0.3 is 0 Å². The van der Waals surface area contributed by atoms with Gasteiger partial charge in [0, 0.05) is 12.5 Å². The van der Waals surface area contributed by atoms with E-state index in [4.69, 9.17) is 0 Å². The van der Waals surface area contributed by atoms with Gasteiger partial charge in [0.1, 0.15) is 5.67 Å². The van der Waals surface area contributed by atoms with Gasteiger partial charge in [0.25, 0.3) is 0 Å². The van der Waals surface area contributed by atoms with Gasteiger partial charge in [-0.05, 0) is 63.3 Å². The minimum atomic E-state index is -0.962. The Morgan fingerprint density at radius 1 is 1.06 bits per heavy atom. The molecule has 2 fully saturated rings. The third-order valence-corrected chi connectivity index (χ3v) is 5.07. The van der Waals surface area contributed by atoms with Crippen molar-refractivity contribution in [2.75, 3.05) is 13.1 Å². The summed E-state index contributed by atoms with van der Waals surface area (Å²) in [6.45, 7) is 8.41. The molecule has 2 rings (SSSR count). The summed E-state index contributed by atoms with van der Waals surface area (Å²) in [5.41, 5.74) is -0.962. The van der Waals surface area contributed by atoms with E-state index in [0.717, 1.165) is 38.8 Å². The molecule has 1 aliphatic carbocycles. The van der Waals surface area contributed by atoms with Crippen LogP contribution in [0, 0.1) is 23.7 Å². The van der Waals surface area contributed by atoms with E-state index >= 15 is 4.39 Å². The molecule has 1 saturated carbocycles. The van der Waals surface area contributed by atoms with Crippen molar-refractivity contribution < 1.29 is 4.39 Å². The standard InChI is InChI=1S/C15H28FN/c1-11-7-12(2)9-14(8-11)15(3,16)13-5-4-6-17-10-13/h11-14,17H,4-10H2,1-3H3. The Morgan fingerprint density at radius 2 is 1.71 bits per heavy atom. The fourth-order valence-electron chi connectivity index (χ4n) is 4.07. The largest absolute Gasteiger partial charge is 0.316 e. The Hall–Kier alpha value is -0.110. The van der Waals surface area contributed by atoms with Gasteiger partial charge in [0.05, 0.1) is 0 Å². The molecule has 100 valence electrons. The molecule has 17 heavy (non-hydrogen) atoms. The summed E-state index contributed by atoms with van der Waals surface area (Å²) >= 11 is 0. The number of hydrogen-bond donors (Lipinski definition) is 1. The van der Waals surface area contributed by atoms with Crippen LogP contribution >= 0.6 is 0 Å². The summed E-state index contributed by atoms with van der Waals surface area (Å²) < 4.78 is 15.2. The maximum Gasteiger partial charge on any atom is 0.115 e. The number of rotatable bonds is 2. The number of hydrogen-bond acceptors (Lipinski definition) is 1. The Morgan fingerprint density at radius 3 is 2.24 bits per heavy atom. The van der Waals surface area contributed by atoms with Crippen molar-refractivity contribution in [2.24, 2.45) is 23.7 Å². The number of piperidine rings is 1. The average molecular weight is 241 g/mol. The van der Waals surface area contributed by atoms with E-state index < -0.39 is 5.67 Å². The minimum absolute atomic E-state index is 0.235. The number of alkyl halides is 1. The average Bonchev–Trinajstić information content (AvgIpc) is 2.29. The van der Waals surface area contributed by atoms with Crippen molar-refractivity contribution in [3.63, 3.8) is 0 Å². The van der Waals surface area contributed by atoms with Gasteiger partial charge < -0.3 is 5.32 Å². The molecule has 1 heterocycles. The topological polar surface area (TPSA) is 12.0 Å². The van der Waals surface area contributed by atoms with Crippen molar-refractivity contribution >= 4 is 0 Å². The summed E-state index contributed by atoms with van der Waals surface area (Å²) in [4.78, 5) is 0. The zero-order valence-corrected chi connectivity index (χ0v) is 11.6. The highest BCUT2D eigenvalue weighted by Gasteiger charge is 2.44. The van der Waals surface area contributed by atoms with Gasteiger partial charge in [-0.3, -0.25) is 0 Å². The quantitative estimate of drug-likeness (QED) is 0.775. The maximum absolute atomic E-state index is 15.2. The SMILES string of the molecule is CC1CC(C)CC(C(C)(F)C2CCCNC2)C1. The normalized spacial score (nSPS) is 43.1. The van der Waals surface area contributed by atoms with Crippen LogP contribution in [-0.4, -0.2) is 18.8 Å². The lowest BCUT2D eigenvalue weighted by atomic mass is 9.66. The van der Waals surface area contributed by atoms with E-state index in [1.54, 1.807) is 0 Å². The number of nitrogens with one attached hydrogen (secondary N) is 1. The molecule has 2 heteroatoms. The zero-order chi connectivity index (χ0) is 12.5. The molecular formula is C15H28FN. The first-order chi connectivity index (χ1) is 8.00. The van der Waals surface area contributed by atoms with Crippen LogP contribution in [0.15, 0.2) is 0 Å². The Kier molecular flexibility index (Phi) is 4.12. The van der Waals surface area contributed by atoms with E-state index in [1.807, 2.05) is 6.92 Å². The fourth-order valence-corrected chi connectivity index (χ4v) is 4.07. The molecule has 1 nitrogen and oxygen atoms in total. The molecule has 0 aromatic rings. The Labute approximate surface area is 106 Å². The lowest BCUT2D eigenvalue weighted by Gasteiger charge is -2.44. The van der Waals surface area contributed by atoms with Crippen LogP contribution < -0.4 is 5.32 Å². The molecule has 4 atom stereocenters. The molecule has 0 bridgehead atoms. The fraction of sp³-hybridized carbons (Fsp3) is 1.00. The van der Waals surface area contributed by atoms with Crippen LogP contribution in [0.25, 0.3) is 0 Å². The number of halogens is 1. The van der Waals surface area contributed by atoms with Crippen LogP contribution in [-0.2, 0) is 0 Å². The first kappa shape index (κ1) is 13.3. The van der Waals surface area contributed by atoms with Crippen molar-refractivity contribution in [1.29, 1.82) is 0 Å². The first-order valence-corrected chi connectivity index (χ1v) is 7.39. The van der Waals surface area contributed by atoms with Crippen LogP contribution in [0.4, 0.5) is 4.39 Å². The second kappa shape index (κ2) is 5.26. The van der Waals surface area contributed by atoms with Gasteiger partial charge in [-0.15, -0.1) is 0 Å². The Balaban J connectivity index is 2.02. The van der Waals surface area contributed by atoms with Crippen LogP contribution in [0.2, 0.25) is 0 Å². The summed E-state index contributed by atoms with van der Waals surface area (Å²) in [5, 5.41) is 3.36. The Bertz CT molecular complexity index is 235. The molecule has 1 aliphatic heterocycles. The molecule has 0 radical (unpaired) electrons. The molecule has 0 amide bonds. The molecular weight excluding hydrogens is 213 g/mol. The lowest BCUT2D eigenvalue weighted by molar-refractivity contribution is -0.0146. The highest BCUT2D eigenvalue weighted by atomic mass is 19.1. The molecule has 0 aromatic heterocycles. The van der Waals surface area contributed by atoms with Gasteiger partial charge in [0.2, 0.25) is 0 Å². The smallest absolute Gasteiger partial charge is 0.115 e. The molecule has 4 unspecified atom stereocenters. The van der Waals surface area contributed by atoms with Crippen LogP contribution in [0.5, 0.6) is 0 Å². The molecule has 1 saturated heterocycles. The second-order valence-electron chi connectivity index (χ2n) is 6.81. The second-order valence-corrected chi connectivity index (χ2v) is 6.81. The molecule has 1 N–H and O–H groups in total. The van der Waals surface area contributed by atoms with E-state index in [1.165, 1.54) is 6.42 Å². The third kappa shape index (κ3) is 3.01.